The highest BCUT2D eigenvalue weighted by Crippen LogP contribution is 2.37. The van der Waals surface area contributed by atoms with Gasteiger partial charge in [-0.3, -0.25) is 4.79 Å². The van der Waals surface area contributed by atoms with E-state index in [1.165, 1.54) is 52.4 Å². The standard InChI is InChI=1S/C29H37FN4O8S2/c1-3-33-17-26(28(36)24-8-5-9-25(30)27(24)33)44(39,40)34-12-10-29(11-13-34)15-20(18-42-29)32-16-21(35)19-41-22-6-4-7-23(14-22)43(37,38)31-2/h4-9,14,17,20-21,31-32,35H,3,10-13,15-16,18-19H2,1-2H3/t20-,21+/m1/s1. The fourth-order valence-electron chi connectivity index (χ4n) is 5.82. The zero-order valence-electron chi connectivity index (χ0n) is 24.5. The molecule has 2 saturated heterocycles. The minimum absolute atomic E-state index is 0.0253. The number of fused-ring (bicyclic) bond motifs is 1. The van der Waals surface area contributed by atoms with Crippen molar-refractivity contribution in [2.75, 3.05) is 39.9 Å². The number of ether oxygens (including phenoxy) is 2. The molecule has 0 unspecified atom stereocenters. The number of hydrogen-bond acceptors (Lipinski definition) is 9. The zero-order valence-corrected chi connectivity index (χ0v) is 26.2. The lowest BCUT2D eigenvalue weighted by molar-refractivity contribution is -0.0312. The van der Waals surface area contributed by atoms with Crippen LogP contribution in [0.3, 0.4) is 0 Å². The molecule has 240 valence electrons. The van der Waals surface area contributed by atoms with Gasteiger partial charge in [0.25, 0.3) is 0 Å². The average Bonchev–Trinajstić information content (AvgIpc) is 3.41. The molecule has 2 fully saturated rings. The van der Waals surface area contributed by atoms with Crippen LogP contribution >= 0.6 is 0 Å². The topological polar surface area (TPSA) is 156 Å². The summed E-state index contributed by atoms with van der Waals surface area (Å²) in [7, 11) is -6.43. The first-order valence-electron chi connectivity index (χ1n) is 14.4. The molecule has 3 aromatic rings. The van der Waals surface area contributed by atoms with Crippen molar-refractivity contribution in [3.63, 3.8) is 0 Å². The molecule has 0 radical (unpaired) electrons. The van der Waals surface area contributed by atoms with E-state index >= 15 is 0 Å². The van der Waals surface area contributed by atoms with Gasteiger partial charge in [0.1, 0.15) is 29.2 Å². The van der Waals surface area contributed by atoms with Gasteiger partial charge in [-0.25, -0.2) is 25.9 Å². The maximum atomic E-state index is 14.5. The van der Waals surface area contributed by atoms with E-state index in [-0.39, 0.29) is 53.0 Å². The Balaban J connectivity index is 1.15. The van der Waals surface area contributed by atoms with Crippen LogP contribution in [0.25, 0.3) is 10.9 Å². The minimum Gasteiger partial charge on any atom is -0.491 e. The Labute approximate surface area is 255 Å². The van der Waals surface area contributed by atoms with Crippen LogP contribution in [0.5, 0.6) is 5.75 Å². The Kier molecular flexibility index (Phi) is 9.47. The van der Waals surface area contributed by atoms with E-state index in [9.17, 15) is 31.1 Å². The van der Waals surface area contributed by atoms with Gasteiger partial charge in [0.05, 0.1) is 28.0 Å². The molecule has 0 bridgehead atoms. The van der Waals surface area contributed by atoms with E-state index in [1.54, 1.807) is 19.1 Å². The molecule has 2 atom stereocenters. The lowest BCUT2D eigenvalue weighted by Crippen LogP contribution is -2.47. The van der Waals surface area contributed by atoms with Crippen LogP contribution in [0.1, 0.15) is 26.2 Å². The van der Waals surface area contributed by atoms with E-state index in [4.69, 9.17) is 9.47 Å². The minimum atomic E-state index is -4.13. The molecule has 1 aromatic heterocycles. The molecule has 15 heteroatoms. The molecule has 12 nitrogen and oxygen atoms in total. The maximum Gasteiger partial charge on any atom is 0.248 e. The quantitative estimate of drug-likeness (QED) is 0.279. The van der Waals surface area contributed by atoms with Crippen molar-refractivity contribution in [2.24, 2.45) is 0 Å². The average molecular weight is 653 g/mol. The molecule has 3 N–H and O–H groups in total. The number of aromatic nitrogens is 1. The van der Waals surface area contributed by atoms with Crippen LogP contribution in [0.4, 0.5) is 4.39 Å². The number of aryl methyl sites for hydroxylation is 1. The third-order valence-electron chi connectivity index (χ3n) is 8.29. The summed E-state index contributed by atoms with van der Waals surface area (Å²) in [5.74, 6) is -0.269. The van der Waals surface area contributed by atoms with Crippen LogP contribution in [0.15, 0.2) is 63.2 Å². The molecule has 0 amide bonds. The Morgan fingerprint density at radius 3 is 2.59 bits per heavy atom. The number of halogens is 1. The number of hydrogen-bond donors (Lipinski definition) is 3. The first kappa shape index (κ1) is 32.5. The highest BCUT2D eigenvalue weighted by Gasteiger charge is 2.45. The van der Waals surface area contributed by atoms with Crippen molar-refractivity contribution >= 4 is 30.9 Å². The third kappa shape index (κ3) is 6.54. The summed E-state index contributed by atoms with van der Waals surface area (Å²) in [4.78, 5) is 12.9. The van der Waals surface area contributed by atoms with Gasteiger partial charge in [0.2, 0.25) is 25.5 Å². The van der Waals surface area contributed by atoms with Crippen molar-refractivity contribution in [3.8, 4) is 5.75 Å². The van der Waals surface area contributed by atoms with Crippen LogP contribution in [-0.4, -0.2) is 88.5 Å². The van der Waals surface area contributed by atoms with Crippen molar-refractivity contribution in [1.29, 1.82) is 0 Å². The number of nitrogens with zero attached hydrogens (tertiary/aromatic N) is 2. The number of aliphatic hydroxyl groups is 1. The first-order valence-corrected chi connectivity index (χ1v) is 17.3. The van der Waals surface area contributed by atoms with Gasteiger partial charge in [-0.2, -0.15) is 4.31 Å². The van der Waals surface area contributed by atoms with E-state index in [0.29, 0.717) is 38.2 Å². The molecule has 2 aliphatic heterocycles. The predicted molar refractivity (Wildman–Crippen MR) is 161 cm³/mol. The van der Waals surface area contributed by atoms with E-state index in [0.717, 1.165) is 0 Å². The SMILES string of the molecule is CCn1cc(S(=O)(=O)N2CCC3(CC2)C[C@@H](NC[C@H](O)COc2cccc(S(=O)(=O)NC)c2)CO3)c(=O)c2cccc(F)c21. The number of nitrogens with one attached hydrogen (secondary N) is 2. The van der Waals surface area contributed by atoms with Gasteiger partial charge < -0.3 is 24.5 Å². The largest absolute Gasteiger partial charge is 0.491 e. The summed E-state index contributed by atoms with van der Waals surface area (Å²) in [6.07, 6.45) is 1.86. The van der Waals surface area contributed by atoms with Crippen LogP contribution in [-0.2, 0) is 31.3 Å². The number of piperidine rings is 1. The summed E-state index contributed by atoms with van der Waals surface area (Å²) < 4.78 is 82.4. The van der Waals surface area contributed by atoms with Crippen molar-refractivity contribution in [3.05, 3.63) is 64.7 Å². The summed E-state index contributed by atoms with van der Waals surface area (Å²) in [5.41, 5.74) is -1.16. The number of sulfonamides is 2. The monoisotopic (exact) mass is 652 g/mol. The Morgan fingerprint density at radius 2 is 1.89 bits per heavy atom. The van der Waals surface area contributed by atoms with Crippen molar-refractivity contribution in [2.45, 2.75) is 60.3 Å². The Hall–Kier alpha value is -2.92. The molecule has 0 saturated carbocycles. The normalized spacial score (nSPS) is 19.9. The van der Waals surface area contributed by atoms with E-state index < -0.39 is 43.0 Å². The molecular formula is C29H37FN4O8S2. The second kappa shape index (κ2) is 12.8. The molecular weight excluding hydrogens is 615 g/mol. The van der Waals surface area contributed by atoms with Gasteiger partial charge in [-0.05, 0) is 57.5 Å². The summed E-state index contributed by atoms with van der Waals surface area (Å²) >= 11 is 0. The fraction of sp³-hybridized carbons (Fsp3) is 0.483. The molecule has 2 aromatic carbocycles. The molecule has 44 heavy (non-hydrogen) atoms. The smallest absolute Gasteiger partial charge is 0.248 e. The lowest BCUT2D eigenvalue weighted by atomic mass is 9.88. The Bertz CT molecular complexity index is 1790. The molecule has 3 heterocycles. The summed E-state index contributed by atoms with van der Waals surface area (Å²) in [5, 5.41) is 13.7. The molecule has 1 spiro atoms. The number of benzene rings is 2. The lowest BCUT2D eigenvalue weighted by Gasteiger charge is -2.38. The molecule has 2 aliphatic rings. The molecule has 0 aliphatic carbocycles. The second-order valence-corrected chi connectivity index (χ2v) is 14.9. The Morgan fingerprint density at radius 1 is 1.16 bits per heavy atom. The van der Waals surface area contributed by atoms with Gasteiger partial charge >= 0.3 is 0 Å². The summed E-state index contributed by atoms with van der Waals surface area (Å²) in [6, 6.07) is 10.00. The van der Waals surface area contributed by atoms with E-state index in [2.05, 4.69) is 10.0 Å². The maximum absolute atomic E-state index is 14.5. The van der Waals surface area contributed by atoms with Gasteiger partial charge in [-0.15, -0.1) is 0 Å². The van der Waals surface area contributed by atoms with Crippen LogP contribution < -0.4 is 20.2 Å². The first-order chi connectivity index (χ1) is 20.9. The fourth-order valence-corrected chi connectivity index (χ4v) is 8.13. The highest BCUT2D eigenvalue weighted by molar-refractivity contribution is 7.89. The number of pyridine rings is 1. The third-order valence-corrected chi connectivity index (χ3v) is 11.6. The van der Waals surface area contributed by atoms with Crippen LogP contribution in [0, 0.1) is 5.82 Å². The van der Waals surface area contributed by atoms with Crippen LogP contribution in [0.2, 0.25) is 0 Å². The van der Waals surface area contributed by atoms with E-state index in [1.807, 2.05) is 0 Å². The zero-order chi connectivity index (χ0) is 31.7. The van der Waals surface area contributed by atoms with Gasteiger partial charge in [0.15, 0.2) is 0 Å². The number of para-hydroxylation sites is 1. The highest BCUT2D eigenvalue weighted by atomic mass is 32.2. The second-order valence-electron chi connectivity index (χ2n) is 11.1. The van der Waals surface area contributed by atoms with Gasteiger partial charge in [-0.1, -0.05) is 12.1 Å². The summed E-state index contributed by atoms with van der Waals surface area (Å²) in [6.45, 7) is 2.93. The van der Waals surface area contributed by atoms with Crippen molar-refractivity contribution in [1.82, 2.24) is 18.9 Å². The predicted octanol–water partition coefficient (Wildman–Crippen LogP) is 1.41. The molecule has 5 rings (SSSR count). The number of rotatable bonds is 11. The van der Waals surface area contributed by atoms with Gasteiger partial charge in [0, 0.05) is 44.5 Å². The number of aliphatic hydroxyl groups excluding tert-OH is 1. The van der Waals surface area contributed by atoms with Crippen molar-refractivity contribution < 1.29 is 35.8 Å².